The van der Waals surface area contributed by atoms with Gasteiger partial charge in [-0.05, 0) is 0 Å². The summed E-state index contributed by atoms with van der Waals surface area (Å²) < 4.78 is 42.1. The fourth-order valence-electron chi connectivity index (χ4n) is 1.39. The Morgan fingerprint density at radius 1 is 1.18 bits per heavy atom. The molecule has 1 saturated heterocycles. The molecule has 1 radical (unpaired) electrons. The zero-order valence-corrected chi connectivity index (χ0v) is 8.62. The van der Waals surface area contributed by atoms with Crippen molar-refractivity contribution in [2.75, 3.05) is 0 Å². The van der Waals surface area contributed by atoms with Gasteiger partial charge in [-0.2, -0.15) is 13.2 Å². The lowest BCUT2D eigenvalue weighted by molar-refractivity contribution is -0.0941. The van der Waals surface area contributed by atoms with E-state index in [9.17, 15) is 18.0 Å². The van der Waals surface area contributed by atoms with Crippen LogP contribution in [0.1, 0.15) is 16.8 Å². The van der Waals surface area contributed by atoms with Crippen LogP contribution in [0.5, 0.6) is 0 Å². The summed E-state index contributed by atoms with van der Waals surface area (Å²) in [5.74, 6) is -0.823. The number of alkyl halides is 3. The van der Waals surface area contributed by atoms with E-state index in [-0.39, 0.29) is 11.3 Å². The van der Waals surface area contributed by atoms with Crippen molar-refractivity contribution in [1.29, 1.82) is 0 Å². The van der Waals surface area contributed by atoms with Gasteiger partial charge in [0, 0.05) is 12.0 Å². The van der Waals surface area contributed by atoms with Crippen LogP contribution in [-0.2, 0) is 4.74 Å². The number of Topliss-reactive ketones (excluding diaryl/α,β-unsaturated/α-hetero) is 1. The smallest absolute Gasteiger partial charge is 0.416 e. The van der Waals surface area contributed by atoms with E-state index in [1.165, 1.54) is 12.1 Å². The first-order valence-corrected chi connectivity index (χ1v) is 4.87. The fraction of sp³-hybridized carbons (Fsp3) is 0.167. The topological polar surface area (TPSA) is 29.6 Å². The van der Waals surface area contributed by atoms with Gasteiger partial charge in [-0.15, -0.1) is 0 Å². The number of hydrogen-bond donors (Lipinski definition) is 0. The number of rotatable bonds is 3. The minimum Gasteiger partial charge on any atom is -0.478 e. The van der Waals surface area contributed by atoms with E-state index in [2.05, 4.69) is 4.74 Å². The van der Waals surface area contributed by atoms with Gasteiger partial charge in [0.15, 0.2) is 18.1 Å². The van der Waals surface area contributed by atoms with Crippen molar-refractivity contribution in [3.63, 3.8) is 0 Å². The highest BCUT2D eigenvalue weighted by atomic mass is 19.4. The molecule has 1 aromatic carbocycles. The van der Waals surface area contributed by atoms with E-state index < -0.39 is 24.0 Å². The van der Waals surface area contributed by atoms with Crippen molar-refractivity contribution in [3.05, 3.63) is 53.8 Å². The monoisotopic (exact) mass is 241 g/mol. The van der Waals surface area contributed by atoms with E-state index in [1.54, 1.807) is 18.2 Å². The highest BCUT2D eigenvalue weighted by Crippen LogP contribution is 2.38. The molecule has 1 heterocycles. The van der Waals surface area contributed by atoms with Gasteiger partial charge in [0.1, 0.15) is 0 Å². The molecule has 1 fully saturated rings. The van der Waals surface area contributed by atoms with Gasteiger partial charge in [0.2, 0.25) is 0 Å². The van der Waals surface area contributed by atoms with E-state index in [1.807, 2.05) is 0 Å². The molecule has 0 atom stereocenters. The maximum absolute atomic E-state index is 12.6. The largest absolute Gasteiger partial charge is 0.478 e. The highest BCUT2D eigenvalue weighted by molar-refractivity contribution is 5.97. The van der Waals surface area contributed by atoms with Crippen molar-refractivity contribution in [2.45, 2.75) is 12.6 Å². The molecule has 2 rings (SSSR count). The van der Waals surface area contributed by atoms with Crippen LogP contribution < -0.4 is 0 Å². The quantitative estimate of drug-likeness (QED) is 0.600. The van der Waals surface area contributed by atoms with Gasteiger partial charge in [-0.25, -0.2) is 0 Å². The lowest BCUT2D eigenvalue weighted by Crippen LogP contribution is -2.16. The van der Waals surface area contributed by atoms with Gasteiger partial charge in [-0.3, -0.25) is 4.79 Å². The maximum atomic E-state index is 12.6. The Morgan fingerprint density at radius 2 is 1.76 bits per heavy atom. The van der Waals surface area contributed by atoms with Crippen molar-refractivity contribution in [3.8, 4) is 0 Å². The van der Waals surface area contributed by atoms with Crippen LogP contribution in [0.2, 0.25) is 0 Å². The zero-order chi connectivity index (χ0) is 12.5. The van der Waals surface area contributed by atoms with Crippen LogP contribution >= 0.6 is 0 Å². The molecule has 5 heteroatoms. The minimum atomic E-state index is -4.53. The van der Waals surface area contributed by atoms with Gasteiger partial charge in [0.05, 0.1) is 5.57 Å². The average Bonchev–Trinajstić information content (AvgIpc) is 3.09. The molecule has 0 spiro atoms. The molecule has 89 valence electrons. The standard InChI is InChI=1S/C12H8F3O2/c13-12(14,15)9(11-7-17-11)6-10(16)8-4-2-1-3-5-8/h1-5,7H,6H2/b11-9+. The molecule has 0 unspecified atom stereocenters. The Bertz CT molecular complexity index is 454. The van der Waals surface area contributed by atoms with Crippen molar-refractivity contribution in [1.82, 2.24) is 0 Å². The molecular weight excluding hydrogens is 233 g/mol. The number of hydrogen-bond acceptors (Lipinski definition) is 2. The third-order valence-electron chi connectivity index (χ3n) is 2.31. The molecule has 0 saturated carbocycles. The summed E-state index contributed by atoms with van der Waals surface area (Å²) in [5, 5.41) is 0. The second-order valence-electron chi connectivity index (χ2n) is 3.54. The zero-order valence-electron chi connectivity index (χ0n) is 8.62. The molecule has 0 amide bonds. The molecule has 1 aromatic rings. The lowest BCUT2D eigenvalue weighted by atomic mass is 10.0. The number of carbonyl (C=O) groups is 1. The molecular formula is C12H8F3O2. The molecule has 0 bridgehead atoms. The number of ketones is 1. The Kier molecular flexibility index (Phi) is 2.92. The fourth-order valence-corrected chi connectivity index (χ4v) is 1.39. The minimum absolute atomic E-state index is 0.248. The van der Waals surface area contributed by atoms with Crippen LogP contribution in [0.4, 0.5) is 13.2 Å². The van der Waals surface area contributed by atoms with E-state index in [0.717, 1.165) is 6.61 Å². The second kappa shape index (κ2) is 4.24. The summed E-state index contributed by atoms with van der Waals surface area (Å²) in [6, 6.07) is 7.87. The van der Waals surface area contributed by atoms with Gasteiger partial charge in [0.25, 0.3) is 0 Å². The number of carbonyl (C=O) groups excluding carboxylic acids is 1. The maximum Gasteiger partial charge on any atom is 0.416 e. The number of allylic oxidation sites excluding steroid dienone is 1. The van der Waals surface area contributed by atoms with Gasteiger partial charge < -0.3 is 4.74 Å². The first-order chi connectivity index (χ1) is 7.98. The van der Waals surface area contributed by atoms with Crippen LogP contribution in [0.15, 0.2) is 41.7 Å². The van der Waals surface area contributed by atoms with E-state index in [0.29, 0.717) is 0 Å². The summed E-state index contributed by atoms with van der Waals surface area (Å²) >= 11 is 0. The van der Waals surface area contributed by atoms with Crippen LogP contribution in [0.3, 0.4) is 0 Å². The second-order valence-corrected chi connectivity index (χ2v) is 3.54. The van der Waals surface area contributed by atoms with Crippen molar-refractivity contribution < 1.29 is 22.7 Å². The summed E-state index contributed by atoms with van der Waals surface area (Å²) in [6.45, 7) is 0.987. The van der Waals surface area contributed by atoms with Gasteiger partial charge >= 0.3 is 6.18 Å². The predicted molar refractivity (Wildman–Crippen MR) is 53.9 cm³/mol. The normalized spacial score (nSPS) is 17.4. The number of ether oxygens (including phenoxy) is 1. The SMILES string of the molecule is O=C(C/C(=C1/[CH]O1)C(F)(F)F)c1ccccc1. The summed E-state index contributed by atoms with van der Waals surface area (Å²) in [6.07, 6.45) is -5.23. The van der Waals surface area contributed by atoms with E-state index in [4.69, 9.17) is 0 Å². The number of epoxide rings is 1. The van der Waals surface area contributed by atoms with Crippen molar-refractivity contribution in [2.24, 2.45) is 0 Å². The Hall–Kier alpha value is -1.78. The molecule has 0 N–H and O–H groups in total. The average molecular weight is 241 g/mol. The molecule has 2 nitrogen and oxygen atoms in total. The van der Waals surface area contributed by atoms with Crippen LogP contribution in [0, 0.1) is 6.61 Å². The molecule has 0 aliphatic carbocycles. The van der Waals surface area contributed by atoms with Crippen LogP contribution in [-0.4, -0.2) is 12.0 Å². The summed E-state index contributed by atoms with van der Waals surface area (Å²) in [7, 11) is 0. The van der Waals surface area contributed by atoms with Crippen LogP contribution in [0.25, 0.3) is 0 Å². The molecule has 1 aliphatic heterocycles. The molecule has 0 aromatic heterocycles. The van der Waals surface area contributed by atoms with Crippen molar-refractivity contribution >= 4 is 5.78 Å². The third kappa shape index (κ3) is 2.87. The third-order valence-corrected chi connectivity index (χ3v) is 2.31. The summed E-state index contributed by atoms with van der Waals surface area (Å²) in [5.41, 5.74) is -0.665. The molecule has 17 heavy (non-hydrogen) atoms. The number of halogens is 3. The molecule has 1 aliphatic rings. The van der Waals surface area contributed by atoms with E-state index >= 15 is 0 Å². The number of benzene rings is 1. The Labute approximate surface area is 95.7 Å². The Balaban J connectivity index is 2.16. The predicted octanol–water partition coefficient (Wildman–Crippen LogP) is 3.27. The Morgan fingerprint density at radius 3 is 2.24 bits per heavy atom. The van der Waals surface area contributed by atoms with Gasteiger partial charge in [-0.1, -0.05) is 30.3 Å². The highest BCUT2D eigenvalue weighted by Gasteiger charge is 2.42. The first kappa shape index (κ1) is 11.7. The lowest BCUT2D eigenvalue weighted by Gasteiger charge is -2.09. The first-order valence-electron chi connectivity index (χ1n) is 4.87. The summed E-state index contributed by atoms with van der Waals surface area (Å²) in [4.78, 5) is 11.6.